The van der Waals surface area contributed by atoms with E-state index in [0.29, 0.717) is 19.8 Å². The van der Waals surface area contributed by atoms with Gasteiger partial charge in [0, 0.05) is 0 Å². The maximum atomic E-state index is 13.3. The van der Waals surface area contributed by atoms with Crippen molar-refractivity contribution in [2.75, 3.05) is 19.8 Å². The normalized spacial score (nSPS) is 12.0. The van der Waals surface area contributed by atoms with Crippen LogP contribution in [0.4, 0.5) is 0 Å². The highest BCUT2D eigenvalue weighted by Gasteiger charge is 2.26. The molecule has 0 heterocycles. The predicted octanol–water partition coefficient (Wildman–Crippen LogP) is 13.0. The second kappa shape index (κ2) is 38.0. The van der Waals surface area contributed by atoms with Gasteiger partial charge >= 0.3 is 15.6 Å². The molecule has 0 aliphatic rings. The minimum absolute atomic E-state index is 0.476. The quantitative estimate of drug-likeness (QED) is 0.0436. The third-order valence-corrected chi connectivity index (χ3v) is 9.74. The van der Waals surface area contributed by atoms with Gasteiger partial charge in [-0.25, -0.2) is 9.13 Å². The minimum Gasteiger partial charge on any atom is -0.303 e. The van der Waals surface area contributed by atoms with Crippen LogP contribution in [0.15, 0.2) is 0 Å². The molecule has 10 heteroatoms. The third kappa shape index (κ3) is 46.3. The molecular formula is C36H78O8P2. The molecule has 8 nitrogen and oxygen atoms in total. The van der Waals surface area contributed by atoms with Crippen LogP contribution in [0.1, 0.15) is 213 Å². The Kier molecular flexibility index (Phi) is 40.0. The first-order valence-corrected chi connectivity index (χ1v) is 22.5. The first-order chi connectivity index (χ1) is 22.2. The second-order valence-corrected chi connectivity index (χ2v) is 15.7. The van der Waals surface area contributed by atoms with Gasteiger partial charge in [-0.3, -0.25) is 13.6 Å². The molecule has 0 rings (SSSR count). The molecule has 0 aromatic heterocycles. The molecule has 280 valence electrons. The van der Waals surface area contributed by atoms with Crippen LogP contribution in [-0.4, -0.2) is 34.5 Å². The molecule has 0 aromatic rings. The van der Waals surface area contributed by atoms with Gasteiger partial charge in [0.1, 0.15) is 0 Å². The first kappa shape index (κ1) is 48.3. The second-order valence-electron chi connectivity index (χ2n) is 13.0. The smallest absolute Gasteiger partial charge is 0.303 e. The van der Waals surface area contributed by atoms with Gasteiger partial charge in [-0.1, -0.05) is 194 Å². The lowest BCUT2D eigenvalue weighted by molar-refractivity contribution is 0.108. The lowest BCUT2D eigenvalue weighted by atomic mass is 10.1. The zero-order valence-electron chi connectivity index (χ0n) is 30.6. The van der Waals surface area contributed by atoms with Gasteiger partial charge in [0.25, 0.3) is 0 Å². The summed E-state index contributed by atoms with van der Waals surface area (Å²) in [5.74, 6) is 0. The Morgan fingerprint density at radius 1 is 0.326 bits per heavy atom. The van der Waals surface area contributed by atoms with Crippen molar-refractivity contribution < 1.29 is 37.4 Å². The van der Waals surface area contributed by atoms with Crippen molar-refractivity contribution in [1.29, 1.82) is 0 Å². The topological polar surface area (TPSA) is 123 Å². The summed E-state index contributed by atoms with van der Waals surface area (Å²) in [4.78, 5) is 21.6. The van der Waals surface area contributed by atoms with Crippen molar-refractivity contribution in [2.24, 2.45) is 0 Å². The lowest BCUT2D eigenvalue weighted by Gasteiger charge is -2.18. The molecule has 0 bridgehead atoms. The number of phosphoric acid groups is 2. The Labute approximate surface area is 285 Å². The first-order valence-electron chi connectivity index (χ1n) is 19.5. The van der Waals surface area contributed by atoms with E-state index in [1.807, 2.05) is 0 Å². The molecule has 0 aliphatic carbocycles. The molecule has 0 aromatic carbocycles. The van der Waals surface area contributed by atoms with Crippen molar-refractivity contribution in [2.45, 2.75) is 213 Å². The fraction of sp³-hybridized carbons (Fsp3) is 1.00. The molecule has 46 heavy (non-hydrogen) atoms. The molecular weight excluding hydrogens is 622 g/mol. The molecule has 0 fully saturated rings. The fourth-order valence-corrected chi connectivity index (χ4v) is 6.69. The Bertz CT molecular complexity index is 595. The highest BCUT2D eigenvalue weighted by atomic mass is 31.2. The number of hydrogen-bond donors (Lipinski definition) is 3. The van der Waals surface area contributed by atoms with E-state index >= 15 is 0 Å². The molecule has 0 saturated heterocycles. The van der Waals surface area contributed by atoms with E-state index in [9.17, 15) is 4.57 Å². The molecule has 0 saturated carbocycles. The predicted molar refractivity (Wildman–Crippen MR) is 195 cm³/mol. The van der Waals surface area contributed by atoms with E-state index in [4.69, 9.17) is 32.8 Å². The van der Waals surface area contributed by atoms with Crippen LogP contribution in [0.3, 0.4) is 0 Å². The molecule has 0 spiro atoms. The van der Waals surface area contributed by atoms with Gasteiger partial charge in [0.2, 0.25) is 0 Å². The summed E-state index contributed by atoms with van der Waals surface area (Å²) in [7, 11) is -8.09. The van der Waals surface area contributed by atoms with E-state index in [1.165, 1.54) is 154 Å². The fourth-order valence-electron chi connectivity index (χ4n) is 5.41. The summed E-state index contributed by atoms with van der Waals surface area (Å²) in [5, 5.41) is 0. The summed E-state index contributed by atoms with van der Waals surface area (Å²) in [6.07, 6.45) is 38.3. The molecule has 3 N–H and O–H groups in total. The minimum atomic E-state index is -4.64. The van der Waals surface area contributed by atoms with Crippen LogP contribution in [0.2, 0.25) is 0 Å². The van der Waals surface area contributed by atoms with Gasteiger partial charge in [-0.2, -0.15) is 0 Å². The van der Waals surface area contributed by atoms with Crippen LogP contribution in [0, 0.1) is 0 Å². The average Bonchev–Trinajstić information content (AvgIpc) is 3.00. The maximum absolute atomic E-state index is 13.3. The van der Waals surface area contributed by atoms with E-state index in [1.54, 1.807) is 0 Å². The summed E-state index contributed by atoms with van der Waals surface area (Å²) in [6.45, 7) is 8.24. The molecule has 0 aliphatic heterocycles. The molecule has 0 unspecified atom stereocenters. The van der Waals surface area contributed by atoms with Crippen LogP contribution < -0.4 is 0 Å². The largest absolute Gasteiger partial charge is 0.474 e. The van der Waals surface area contributed by atoms with Crippen molar-refractivity contribution in [1.82, 2.24) is 0 Å². The van der Waals surface area contributed by atoms with Crippen LogP contribution in [-0.2, 0) is 22.7 Å². The van der Waals surface area contributed by atoms with E-state index in [-0.39, 0.29) is 0 Å². The van der Waals surface area contributed by atoms with Crippen molar-refractivity contribution in [3.63, 3.8) is 0 Å². The maximum Gasteiger partial charge on any atom is 0.474 e. The molecule has 0 amide bonds. The van der Waals surface area contributed by atoms with Gasteiger partial charge in [0.15, 0.2) is 0 Å². The Hall–Kier alpha value is 0.220. The molecule has 0 radical (unpaired) electrons. The zero-order chi connectivity index (χ0) is 34.5. The summed E-state index contributed by atoms with van der Waals surface area (Å²) >= 11 is 0. The van der Waals surface area contributed by atoms with Crippen molar-refractivity contribution in [3.05, 3.63) is 0 Å². The van der Waals surface area contributed by atoms with E-state index < -0.39 is 15.6 Å². The lowest BCUT2D eigenvalue weighted by Crippen LogP contribution is -2.04. The third-order valence-electron chi connectivity index (χ3n) is 8.24. The highest BCUT2D eigenvalue weighted by molar-refractivity contribution is 7.48. The van der Waals surface area contributed by atoms with Gasteiger partial charge in [-0.05, 0) is 19.3 Å². The number of hydrogen-bond acceptors (Lipinski definition) is 5. The number of unbranched alkanes of at least 4 members (excludes halogenated alkanes) is 27. The Morgan fingerprint density at radius 2 is 0.478 bits per heavy atom. The summed E-state index contributed by atoms with van der Waals surface area (Å²) in [6, 6.07) is 0. The SMILES string of the molecule is CCCCCCCCCCCCOP(=O)(OCCCCCCCCCCCC)OCCCCCCCCCCCC.O=P(O)(O)O. The molecule has 0 atom stereocenters. The Morgan fingerprint density at radius 3 is 0.652 bits per heavy atom. The average molecular weight is 701 g/mol. The number of phosphoric ester groups is 1. The van der Waals surface area contributed by atoms with Crippen molar-refractivity contribution in [3.8, 4) is 0 Å². The van der Waals surface area contributed by atoms with Gasteiger partial charge in [-0.15, -0.1) is 0 Å². The van der Waals surface area contributed by atoms with Crippen LogP contribution in [0.5, 0.6) is 0 Å². The van der Waals surface area contributed by atoms with Crippen LogP contribution in [0.25, 0.3) is 0 Å². The Balaban J connectivity index is 0. The monoisotopic (exact) mass is 701 g/mol. The van der Waals surface area contributed by atoms with Gasteiger partial charge < -0.3 is 14.7 Å². The summed E-state index contributed by atoms with van der Waals surface area (Å²) < 4.78 is 39.6. The summed E-state index contributed by atoms with van der Waals surface area (Å²) in [5.41, 5.74) is 0. The van der Waals surface area contributed by atoms with E-state index in [0.717, 1.165) is 38.5 Å². The zero-order valence-corrected chi connectivity index (χ0v) is 32.4. The van der Waals surface area contributed by atoms with E-state index in [2.05, 4.69) is 20.8 Å². The number of rotatable bonds is 36. The van der Waals surface area contributed by atoms with Crippen molar-refractivity contribution >= 4 is 15.6 Å². The van der Waals surface area contributed by atoms with Gasteiger partial charge in [0.05, 0.1) is 19.8 Å². The van der Waals surface area contributed by atoms with Crippen LogP contribution >= 0.6 is 15.6 Å². The standard InChI is InChI=1S/C36H75O4P.H3O4P/c1-4-7-10-13-16-19-22-25-28-31-34-38-41(37,39-35-32-29-26-23-20-17-14-11-8-5-2)40-36-33-30-27-24-21-18-15-12-9-6-3;1-5(2,3)4/h4-36H2,1-3H3;(H3,1,2,3,4). The highest BCUT2D eigenvalue weighted by Crippen LogP contribution is 2.50.